The fraction of sp³-hybridized carbons (Fsp3) is 0.632. The predicted octanol–water partition coefficient (Wildman–Crippen LogP) is 1.80. The summed E-state index contributed by atoms with van der Waals surface area (Å²) in [5.74, 6) is 1.22. The molecule has 0 spiro atoms. The smallest absolute Gasteiger partial charge is 0.224 e. The first-order valence-electron chi connectivity index (χ1n) is 9.37. The van der Waals surface area contributed by atoms with Crippen LogP contribution in [0.5, 0.6) is 11.5 Å². The number of benzene rings is 1. The molecule has 0 unspecified atom stereocenters. The van der Waals surface area contributed by atoms with Gasteiger partial charge < -0.3 is 24.6 Å². The second-order valence-corrected chi connectivity index (χ2v) is 7.39. The Kier molecular flexibility index (Phi) is 7.00. The molecule has 6 nitrogen and oxygen atoms in total. The van der Waals surface area contributed by atoms with Gasteiger partial charge in [-0.05, 0) is 37.7 Å². The summed E-state index contributed by atoms with van der Waals surface area (Å²) in [5, 5.41) is 3.50. The van der Waals surface area contributed by atoms with Crippen LogP contribution in [0.15, 0.2) is 12.1 Å². The standard InChI is InChI=1S/C19H28ClN3O3/c1-22-6-8-23(9-7-22)5-2-4-21-18(24)14-15-12-16(20)19-17(13-15)25-10-3-11-26-19/h12-13H,2-11,14H2,1H3,(H,21,24). The van der Waals surface area contributed by atoms with Crippen molar-refractivity contribution in [2.24, 2.45) is 0 Å². The highest BCUT2D eigenvalue weighted by Crippen LogP contribution is 2.38. The van der Waals surface area contributed by atoms with Crippen molar-refractivity contribution in [2.45, 2.75) is 19.3 Å². The van der Waals surface area contributed by atoms with Gasteiger partial charge in [-0.25, -0.2) is 0 Å². The SMILES string of the molecule is CN1CCN(CCCNC(=O)Cc2cc(Cl)c3c(c2)OCCCO3)CC1. The summed E-state index contributed by atoms with van der Waals surface area (Å²) in [7, 11) is 2.16. The van der Waals surface area contributed by atoms with Gasteiger partial charge in [0.2, 0.25) is 5.91 Å². The lowest BCUT2D eigenvalue weighted by Gasteiger charge is -2.32. The maximum absolute atomic E-state index is 12.2. The van der Waals surface area contributed by atoms with E-state index in [1.54, 1.807) is 6.07 Å². The van der Waals surface area contributed by atoms with Crippen molar-refractivity contribution in [3.63, 3.8) is 0 Å². The lowest BCUT2D eigenvalue weighted by atomic mass is 10.1. The number of piperazine rings is 1. The number of amides is 1. The highest BCUT2D eigenvalue weighted by Gasteiger charge is 2.17. The van der Waals surface area contributed by atoms with Gasteiger partial charge in [0.25, 0.3) is 0 Å². The zero-order valence-electron chi connectivity index (χ0n) is 15.4. The van der Waals surface area contributed by atoms with Gasteiger partial charge >= 0.3 is 0 Å². The molecule has 1 saturated heterocycles. The van der Waals surface area contributed by atoms with Gasteiger partial charge in [-0.15, -0.1) is 0 Å². The molecular weight excluding hydrogens is 354 g/mol. The van der Waals surface area contributed by atoms with Gasteiger partial charge in [-0.1, -0.05) is 11.6 Å². The Bertz CT molecular complexity index is 618. The zero-order chi connectivity index (χ0) is 18.4. The molecule has 144 valence electrons. The first-order chi connectivity index (χ1) is 12.6. The van der Waals surface area contributed by atoms with Gasteiger partial charge in [0.15, 0.2) is 11.5 Å². The molecule has 0 aromatic heterocycles. The highest BCUT2D eigenvalue weighted by molar-refractivity contribution is 6.32. The molecule has 2 aliphatic rings. The van der Waals surface area contributed by atoms with E-state index < -0.39 is 0 Å². The van der Waals surface area contributed by atoms with Crippen LogP contribution in [-0.2, 0) is 11.2 Å². The largest absolute Gasteiger partial charge is 0.489 e. The molecule has 0 aliphatic carbocycles. The van der Waals surface area contributed by atoms with Crippen LogP contribution in [0, 0.1) is 0 Å². The molecule has 1 N–H and O–H groups in total. The first kappa shape index (κ1) is 19.3. The van der Waals surface area contributed by atoms with Crippen molar-refractivity contribution in [1.29, 1.82) is 0 Å². The molecule has 1 amide bonds. The maximum atomic E-state index is 12.2. The normalized spacial score (nSPS) is 18.4. The Labute approximate surface area is 160 Å². The lowest BCUT2D eigenvalue weighted by Crippen LogP contribution is -2.45. The summed E-state index contributed by atoms with van der Waals surface area (Å²) >= 11 is 6.28. The number of hydrogen-bond donors (Lipinski definition) is 1. The third kappa shape index (κ3) is 5.50. The minimum Gasteiger partial charge on any atom is -0.489 e. The Morgan fingerprint density at radius 2 is 1.96 bits per heavy atom. The van der Waals surface area contributed by atoms with Crippen molar-refractivity contribution in [3.05, 3.63) is 22.7 Å². The summed E-state index contributed by atoms with van der Waals surface area (Å²) in [6.45, 7) is 7.40. The third-order valence-electron chi connectivity index (χ3n) is 4.80. The molecule has 26 heavy (non-hydrogen) atoms. The fourth-order valence-electron chi connectivity index (χ4n) is 3.24. The number of rotatable bonds is 6. The monoisotopic (exact) mass is 381 g/mol. The van der Waals surface area contributed by atoms with Crippen LogP contribution in [0.3, 0.4) is 0 Å². The van der Waals surface area contributed by atoms with E-state index in [2.05, 4.69) is 22.2 Å². The van der Waals surface area contributed by atoms with Crippen LogP contribution in [-0.4, -0.2) is 75.2 Å². The van der Waals surface area contributed by atoms with E-state index >= 15 is 0 Å². The van der Waals surface area contributed by atoms with Gasteiger partial charge in [0, 0.05) is 39.1 Å². The van der Waals surface area contributed by atoms with Crippen LogP contribution in [0.2, 0.25) is 5.02 Å². The number of halogens is 1. The maximum Gasteiger partial charge on any atom is 0.224 e. The number of likely N-dealkylation sites (N-methyl/N-ethyl adjacent to an activating group) is 1. The van der Waals surface area contributed by atoms with Gasteiger partial charge in [0.05, 0.1) is 24.7 Å². The molecule has 0 bridgehead atoms. The van der Waals surface area contributed by atoms with Crippen molar-refractivity contribution < 1.29 is 14.3 Å². The second kappa shape index (κ2) is 9.44. The fourth-order valence-corrected chi connectivity index (χ4v) is 3.52. The van der Waals surface area contributed by atoms with Gasteiger partial charge in [-0.3, -0.25) is 4.79 Å². The van der Waals surface area contributed by atoms with Crippen LogP contribution < -0.4 is 14.8 Å². The summed E-state index contributed by atoms with van der Waals surface area (Å²) in [5.41, 5.74) is 0.843. The third-order valence-corrected chi connectivity index (χ3v) is 5.08. The molecule has 2 heterocycles. The minimum atomic E-state index is 0.00827. The quantitative estimate of drug-likeness (QED) is 0.761. The van der Waals surface area contributed by atoms with E-state index in [1.807, 2.05) is 6.07 Å². The van der Waals surface area contributed by atoms with E-state index in [9.17, 15) is 4.79 Å². The molecule has 7 heteroatoms. The van der Waals surface area contributed by atoms with E-state index in [-0.39, 0.29) is 5.91 Å². The highest BCUT2D eigenvalue weighted by atomic mass is 35.5. The molecule has 1 fully saturated rings. The van der Waals surface area contributed by atoms with E-state index in [4.69, 9.17) is 21.1 Å². The van der Waals surface area contributed by atoms with E-state index in [1.165, 1.54) is 0 Å². The number of nitrogens with one attached hydrogen (secondary N) is 1. The molecule has 0 saturated carbocycles. The van der Waals surface area contributed by atoms with E-state index in [0.29, 0.717) is 42.7 Å². The van der Waals surface area contributed by atoms with Crippen LogP contribution in [0.25, 0.3) is 0 Å². The number of carbonyl (C=O) groups is 1. The zero-order valence-corrected chi connectivity index (χ0v) is 16.2. The minimum absolute atomic E-state index is 0.00827. The van der Waals surface area contributed by atoms with Crippen molar-refractivity contribution in [2.75, 3.05) is 59.5 Å². The Hall–Kier alpha value is -1.50. The van der Waals surface area contributed by atoms with Crippen molar-refractivity contribution in [1.82, 2.24) is 15.1 Å². The first-order valence-corrected chi connectivity index (χ1v) is 9.75. The van der Waals surface area contributed by atoms with Crippen molar-refractivity contribution in [3.8, 4) is 11.5 Å². The topological polar surface area (TPSA) is 54.0 Å². The molecule has 0 radical (unpaired) electrons. The number of hydrogen-bond acceptors (Lipinski definition) is 5. The molecule has 1 aromatic carbocycles. The molecular formula is C19H28ClN3O3. The molecule has 1 aromatic rings. The summed E-state index contributed by atoms with van der Waals surface area (Å²) < 4.78 is 11.3. The van der Waals surface area contributed by atoms with Crippen LogP contribution in [0.4, 0.5) is 0 Å². The average molecular weight is 382 g/mol. The predicted molar refractivity (Wildman–Crippen MR) is 102 cm³/mol. The molecule has 3 rings (SSSR count). The Morgan fingerprint density at radius 3 is 2.77 bits per heavy atom. The second-order valence-electron chi connectivity index (χ2n) is 6.98. The van der Waals surface area contributed by atoms with Crippen LogP contribution >= 0.6 is 11.6 Å². The average Bonchev–Trinajstić information content (AvgIpc) is 2.86. The van der Waals surface area contributed by atoms with Crippen molar-refractivity contribution >= 4 is 17.5 Å². The molecule has 2 aliphatic heterocycles. The lowest BCUT2D eigenvalue weighted by molar-refractivity contribution is -0.120. The van der Waals surface area contributed by atoms with Gasteiger partial charge in [-0.2, -0.15) is 0 Å². The summed E-state index contributed by atoms with van der Waals surface area (Å²) in [6.07, 6.45) is 2.09. The van der Waals surface area contributed by atoms with Crippen LogP contribution in [0.1, 0.15) is 18.4 Å². The number of carbonyl (C=O) groups excluding carboxylic acids is 1. The number of ether oxygens (including phenoxy) is 2. The number of fused-ring (bicyclic) bond motifs is 1. The summed E-state index contributed by atoms with van der Waals surface area (Å²) in [4.78, 5) is 17.0. The van der Waals surface area contributed by atoms with Gasteiger partial charge in [0.1, 0.15) is 0 Å². The van der Waals surface area contributed by atoms with E-state index in [0.717, 1.165) is 51.1 Å². The Balaban J connectivity index is 1.42. The molecule has 0 atom stereocenters. The Morgan fingerprint density at radius 1 is 1.19 bits per heavy atom. The number of nitrogens with zero attached hydrogens (tertiary/aromatic N) is 2. The summed E-state index contributed by atoms with van der Waals surface area (Å²) in [6, 6.07) is 3.65.